The van der Waals surface area contributed by atoms with E-state index in [1.54, 1.807) is 19.1 Å². The van der Waals surface area contributed by atoms with Crippen molar-refractivity contribution in [2.75, 3.05) is 23.1 Å². The molecule has 0 radical (unpaired) electrons. The molecular weight excluding hydrogens is 446 g/mol. The second-order valence-electron chi connectivity index (χ2n) is 6.96. The van der Waals surface area contributed by atoms with Crippen LogP contribution in [0.5, 0.6) is 5.75 Å². The molecule has 1 saturated heterocycles. The number of pyridine rings is 2. The smallest absolute Gasteiger partial charge is 0.869 e. The number of anilines is 1. The molecule has 8 nitrogen and oxygen atoms in total. The van der Waals surface area contributed by atoms with Crippen molar-refractivity contribution in [1.82, 2.24) is 15.3 Å². The van der Waals surface area contributed by atoms with Gasteiger partial charge < -0.3 is 10.4 Å². The number of allylic oxidation sites excluding steroid dienone is 3. The summed E-state index contributed by atoms with van der Waals surface area (Å²) in [5.74, 6) is -1.97. The molecule has 1 aliphatic heterocycles. The Balaban J connectivity index is 0.00000363. The van der Waals surface area contributed by atoms with Gasteiger partial charge in [-0.15, -0.1) is 0 Å². The van der Waals surface area contributed by atoms with Crippen LogP contribution in [0.2, 0.25) is 0 Å². The number of amides is 1. The molecule has 3 rings (SSSR count). The molecule has 0 unspecified atom stereocenters. The molecule has 3 heterocycles. The first-order valence-electron chi connectivity index (χ1n) is 9.66. The first kappa shape index (κ1) is 26.0. The number of aromatic nitrogens is 2. The molecular formula is C21H22FN4NaO4S. The summed E-state index contributed by atoms with van der Waals surface area (Å²) in [5, 5.41) is 15.6. The fourth-order valence-electron chi connectivity index (χ4n) is 3.10. The van der Waals surface area contributed by atoms with Crippen molar-refractivity contribution in [3.8, 4) is 5.75 Å². The number of nitrogens with one attached hydrogen (secondary N) is 1. The number of halogens is 1. The topological polar surface area (TPSA) is 115 Å². The molecule has 0 saturated carbocycles. The first-order valence-corrected chi connectivity index (χ1v) is 11.3. The van der Waals surface area contributed by atoms with Gasteiger partial charge in [-0.05, 0) is 49.3 Å². The summed E-state index contributed by atoms with van der Waals surface area (Å²) in [7, 11) is -3.62. The van der Waals surface area contributed by atoms with Crippen molar-refractivity contribution < 1.29 is 52.3 Å². The number of carbonyl (C=O) groups is 1. The molecule has 0 bridgehead atoms. The third kappa shape index (κ3) is 5.74. The van der Waals surface area contributed by atoms with Crippen LogP contribution in [0.4, 0.5) is 10.2 Å². The number of fused-ring (bicyclic) bond motifs is 1. The van der Waals surface area contributed by atoms with E-state index in [1.807, 2.05) is 0 Å². The zero-order valence-electron chi connectivity index (χ0n) is 18.0. The van der Waals surface area contributed by atoms with Gasteiger partial charge in [0.15, 0.2) is 5.82 Å². The molecule has 0 aliphatic carbocycles. The number of sulfonamides is 1. The minimum atomic E-state index is -3.62. The molecule has 0 aromatic carbocycles. The molecule has 1 fully saturated rings. The Hall–Kier alpha value is -2.27. The number of hydrogen-bond acceptors (Lipinski definition) is 6. The standard InChI is InChI=1S/C21H23FN4O4S.Na/c1-3-15(22)9-8-14(2)13-24-21(28)18-19(27)17-16(7-6-10-23-17)20(25-18)26-11-4-5-12-31(26,29)30;/h3,6-10,27H,2,4-5,11-13H2,1H3,(H,24,28);/q;+1/p-1/b9-8-,15-3+;. The minimum Gasteiger partial charge on any atom is -0.869 e. The first-order chi connectivity index (χ1) is 14.7. The summed E-state index contributed by atoms with van der Waals surface area (Å²) in [6.07, 6.45) is 6.43. The van der Waals surface area contributed by atoms with Crippen molar-refractivity contribution in [3.63, 3.8) is 0 Å². The summed E-state index contributed by atoms with van der Waals surface area (Å²) >= 11 is 0. The number of nitrogens with zero attached hydrogens (tertiary/aromatic N) is 3. The molecule has 0 spiro atoms. The van der Waals surface area contributed by atoms with Gasteiger partial charge in [-0.25, -0.2) is 17.8 Å². The van der Waals surface area contributed by atoms with Gasteiger partial charge in [0, 0.05) is 24.7 Å². The Morgan fingerprint density at radius 1 is 1.38 bits per heavy atom. The third-order valence-corrected chi connectivity index (χ3v) is 6.56. The van der Waals surface area contributed by atoms with Gasteiger partial charge in [-0.2, -0.15) is 0 Å². The van der Waals surface area contributed by atoms with Gasteiger partial charge in [0.05, 0.1) is 11.3 Å². The van der Waals surface area contributed by atoms with Gasteiger partial charge in [0.1, 0.15) is 11.5 Å². The monoisotopic (exact) mass is 468 g/mol. The van der Waals surface area contributed by atoms with E-state index in [1.165, 1.54) is 24.4 Å². The van der Waals surface area contributed by atoms with Crippen molar-refractivity contribution >= 4 is 32.7 Å². The van der Waals surface area contributed by atoms with E-state index in [0.717, 1.165) is 4.31 Å². The maximum absolute atomic E-state index is 13.2. The molecule has 32 heavy (non-hydrogen) atoms. The van der Waals surface area contributed by atoms with Gasteiger partial charge in [-0.3, -0.25) is 14.1 Å². The SMILES string of the molecule is C=C(/C=C\C(F)=C/C)CNC(=O)c1nc(N2CCCCS2(=O)=O)c2cccnc2c1[O-].[Na+]. The minimum absolute atomic E-state index is 0. The van der Waals surface area contributed by atoms with Gasteiger partial charge in [-0.1, -0.05) is 18.7 Å². The van der Waals surface area contributed by atoms with E-state index < -0.39 is 33.2 Å². The van der Waals surface area contributed by atoms with Crippen LogP contribution < -0.4 is 44.3 Å². The summed E-state index contributed by atoms with van der Waals surface area (Å²) in [4.78, 5) is 20.9. The summed E-state index contributed by atoms with van der Waals surface area (Å²) in [6.45, 7) is 5.41. The van der Waals surface area contributed by atoms with Crippen molar-refractivity contribution in [2.45, 2.75) is 19.8 Å². The number of carbonyl (C=O) groups excluding carboxylic acids is 1. The molecule has 164 valence electrons. The molecule has 1 N–H and O–H groups in total. The van der Waals surface area contributed by atoms with Gasteiger partial charge in [0.2, 0.25) is 10.0 Å². The number of hydrogen-bond donors (Lipinski definition) is 1. The second kappa shape index (κ2) is 11.0. The molecule has 2 aromatic heterocycles. The molecule has 2 aromatic rings. The van der Waals surface area contributed by atoms with E-state index in [0.29, 0.717) is 18.4 Å². The van der Waals surface area contributed by atoms with Crippen LogP contribution >= 0.6 is 0 Å². The fourth-order valence-corrected chi connectivity index (χ4v) is 4.70. The maximum atomic E-state index is 13.2. The van der Waals surface area contributed by atoms with Crippen molar-refractivity contribution in [2.24, 2.45) is 0 Å². The van der Waals surface area contributed by atoms with Gasteiger partial charge in [0.25, 0.3) is 5.91 Å². The van der Waals surface area contributed by atoms with E-state index in [2.05, 4.69) is 21.9 Å². The van der Waals surface area contributed by atoms with Crippen LogP contribution in [0, 0.1) is 0 Å². The fraction of sp³-hybridized carbons (Fsp3) is 0.286. The summed E-state index contributed by atoms with van der Waals surface area (Å²) in [5.41, 5.74) is -0.0961. The van der Waals surface area contributed by atoms with Crippen molar-refractivity contribution in [1.29, 1.82) is 0 Å². The Morgan fingerprint density at radius 3 is 2.81 bits per heavy atom. The third-order valence-electron chi connectivity index (χ3n) is 4.73. The quantitative estimate of drug-likeness (QED) is 0.445. The van der Waals surface area contributed by atoms with Crippen LogP contribution in [-0.4, -0.2) is 43.1 Å². The Morgan fingerprint density at radius 2 is 2.12 bits per heavy atom. The number of rotatable bonds is 6. The van der Waals surface area contributed by atoms with Crippen LogP contribution in [0.1, 0.15) is 30.3 Å². The predicted molar refractivity (Wildman–Crippen MR) is 115 cm³/mol. The van der Waals surface area contributed by atoms with E-state index >= 15 is 0 Å². The van der Waals surface area contributed by atoms with Crippen molar-refractivity contribution in [3.05, 3.63) is 60.2 Å². The van der Waals surface area contributed by atoms with Gasteiger partial charge >= 0.3 is 29.6 Å². The average molecular weight is 468 g/mol. The van der Waals surface area contributed by atoms with Crippen LogP contribution in [-0.2, 0) is 10.0 Å². The summed E-state index contributed by atoms with van der Waals surface area (Å²) in [6, 6.07) is 3.13. The van der Waals surface area contributed by atoms with E-state index in [9.17, 15) is 22.7 Å². The van der Waals surface area contributed by atoms with E-state index in [-0.39, 0.29) is 65.1 Å². The Labute approximate surface area is 208 Å². The molecule has 1 aliphatic rings. The predicted octanol–water partition coefficient (Wildman–Crippen LogP) is -0.647. The summed E-state index contributed by atoms with van der Waals surface area (Å²) < 4.78 is 39.5. The molecule has 0 atom stereocenters. The molecule has 11 heteroatoms. The largest absolute Gasteiger partial charge is 1.00 e. The molecule has 1 amide bonds. The van der Waals surface area contributed by atoms with Crippen LogP contribution in [0.3, 0.4) is 0 Å². The zero-order chi connectivity index (χ0) is 22.6. The normalized spacial score (nSPS) is 16.1. The Kier molecular flexibility index (Phi) is 8.97. The average Bonchev–Trinajstić information content (AvgIpc) is 2.76. The van der Waals surface area contributed by atoms with Crippen LogP contribution in [0.25, 0.3) is 10.9 Å². The van der Waals surface area contributed by atoms with Crippen LogP contribution in [0.15, 0.2) is 54.5 Å². The van der Waals surface area contributed by atoms with E-state index in [4.69, 9.17) is 0 Å². The zero-order valence-corrected chi connectivity index (χ0v) is 20.8. The maximum Gasteiger partial charge on any atom is 1.00 e. The Bertz CT molecular complexity index is 1200. The second-order valence-corrected chi connectivity index (χ2v) is 8.97.